The first kappa shape index (κ1) is 21.9. The fraction of sp³-hybridized carbons (Fsp3) is 0.455. The van der Waals surface area contributed by atoms with E-state index in [0.717, 1.165) is 6.07 Å². The first-order valence-electron chi connectivity index (χ1n) is 10.6. The number of halogens is 2. The van der Waals surface area contributed by atoms with Gasteiger partial charge in [-0.3, -0.25) is 5.10 Å². The minimum Gasteiger partial charge on any atom is -0.444 e. The highest BCUT2D eigenvalue weighted by Crippen LogP contribution is 2.37. The number of nitrogens with zero attached hydrogens (tertiary/aromatic N) is 4. The fourth-order valence-electron chi connectivity index (χ4n) is 4.06. The quantitative estimate of drug-likeness (QED) is 0.610. The number of amides is 1. The number of aromatic nitrogens is 4. The molecule has 2 N–H and O–H groups in total. The number of H-pyrrole nitrogens is 1. The molecule has 0 atom stereocenters. The van der Waals surface area contributed by atoms with Gasteiger partial charge in [0.1, 0.15) is 29.4 Å². The molecule has 10 heteroatoms. The fourth-order valence-corrected chi connectivity index (χ4v) is 4.06. The highest BCUT2D eigenvalue weighted by Gasteiger charge is 2.32. The van der Waals surface area contributed by atoms with Crippen LogP contribution in [0.25, 0.3) is 11.0 Å². The third kappa shape index (κ3) is 4.79. The highest BCUT2D eigenvalue weighted by molar-refractivity contribution is 5.89. The monoisotopic (exact) mass is 444 g/mol. The minimum absolute atomic E-state index is 0.0413. The third-order valence-electron chi connectivity index (χ3n) is 5.41. The maximum atomic E-state index is 14.9. The van der Waals surface area contributed by atoms with Gasteiger partial charge in [-0.1, -0.05) is 0 Å². The Morgan fingerprint density at radius 2 is 1.94 bits per heavy atom. The van der Waals surface area contributed by atoms with Gasteiger partial charge in [-0.2, -0.15) is 5.10 Å². The lowest BCUT2D eigenvalue weighted by atomic mass is 9.89. The predicted molar refractivity (Wildman–Crippen MR) is 116 cm³/mol. The molecule has 170 valence electrons. The largest absolute Gasteiger partial charge is 0.444 e. The number of hydrogen-bond acceptors (Lipinski definition) is 6. The molecule has 0 radical (unpaired) electrons. The number of carbonyl (C=O) groups excluding carboxylic acids is 1. The number of aromatic amines is 1. The van der Waals surface area contributed by atoms with E-state index < -0.39 is 23.3 Å². The second-order valence-corrected chi connectivity index (χ2v) is 8.95. The molecule has 0 bridgehead atoms. The maximum absolute atomic E-state index is 14.9. The first-order chi connectivity index (χ1) is 15.2. The maximum Gasteiger partial charge on any atom is 0.407 e. The second-order valence-electron chi connectivity index (χ2n) is 8.95. The van der Waals surface area contributed by atoms with Gasteiger partial charge in [-0.15, -0.1) is 0 Å². The molecule has 1 saturated carbocycles. The standard InChI is InChI=1S/C22H26F2N6O2/c1-22(2,3)32-21(31)28-14-5-7-15(8-6-14)30(18-9-4-13(23)10-17(18)24)20-16-11-27-29-19(16)25-12-26-20/h4,9-12,14-15H,5-8H2,1-3H3,(H,28,31)(H,25,26,27,29). The van der Waals surface area contributed by atoms with Gasteiger partial charge in [-0.05, 0) is 58.6 Å². The van der Waals surface area contributed by atoms with Gasteiger partial charge in [0, 0.05) is 18.2 Å². The van der Waals surface area contributed by atoms with Gasteiger partial charge >= 0.3 is 6.09 Å². The normalized spacial score (nSPS) is 19.0. The molecule has 3 aromatic rings. The van der Waals surface area contributed by atoms with E-state index in [0.29, 0.717) is 42.5 Å². The Bertz CT molecular complexity index is 1110. The molecular formula is C22H26F2N6O2. The van der Waals surface area contributed by atoms with Gasteiger partial charge in [-0.25, -0.2) is 23.5 Å². The van der Waals surface area contributed by atoms with Crippen molar-refractivity contribution in [2.24, 2.45) is 0 Å². The number of hydrogen-bond donors (Lipinski definition) is 2. The van der Waals surface area contributed by atoms with E-state index in [1.807, 2.05) is 20.8 Å². The van der Waals surface area contributed by atoms with Crippen molar-refractivity contribution in [3.8, 4) is 0 Å². The van der Waals surface area contributed by atoms with E-state index in [-0.39, 0.29) is 17.8 Å². The number of benzene rings is 1. The van der Waals surface area contributed by atoms with E-state index in [4.69, 9.17) is 4.74 Å². The van der Waals surface area contributed by atoms with Crippen molar-refractivity contribution in [2.75, 3.05) is 4.90 Å². The molecule has 32 heavy (non-hydrogen) atoms. The summed E-state index contributed by atoms with van der Waals surface area (Å²) >= 11 is 0. The van der Waals surface area contributed by atoms with Crippen LogP contribution in [-0.4, -0.2) is 43.9 Å². The first-order valence-corrected chi connectivity index (χ1v) is 10.6. The van der Waals surface area contributed by atoms with Crippen LogP contribution in [0.4, 0.5) is 25.1 Å². The Labute approximate surface area is 184 Å². The predicted octanol–water partition coefficient (Wildman–Crippen LogP) is 4.61. The van der Waals surface area contributed by atoms with Crippen molar-refractivity contribution in [3.05, 3.63) is 42.4 Å². The van der Waals surface area contributed by atoms with Crippen molar-refractivity contribution in [1.82, 2.24) is 25.5 Å². The summed E-state index contributed by atoms with van der Waals surface area (Å²) in [6.07, 6.45) is 5.24. The number of rotatable bonds is 4. The molecule has 0 aliphatic heterocycles. The molecule has 0 saturated heterocycles. The average Bonchev–Trinajstić information content (AvgIpc) is 3.19. The van der Waals surface area contributed by atoms with Gasteiger partial charge in [0.05, 0.1) is 17.3 Å². The Kier molecular flexibility index (Phi) is 5.94. The number of ether oxygens (including phenoxy) is 1. The topological polar surface area (TPSA) is 96.0 Å². The Morgan fingerprint density at radius 3 is 2.62 bits per heavy atom. The van der Waals surface area contributed by atoms with Crippen LogP contribution < -0.4 is 10.2 Å². The number of nitrogens with one attached hydrogen (secondary N) is 2. The SMILES string of the molecule is CC(C)(C)OC(=O)NC1CCC(N(c2ccc(F)cc2F)c2ncnc3[nH]ncc23)CC1. The molecule has 1 aliphatic rings. The summed E-state index contributed by atoms with van der Waals surface area (Å²) in [6, 6.07) is 3.37. The van der Waals surface area contributed by atoms with E-state index in [1.54, 1.807) is 11.1 Å². The van der Waals surface area contributed by atoms with Gasteiger partial charge in [0.15, 0.2) is 5.65 Å². The Hall–Kier alpha value is -3.30. The molecule has 2 heterocycles. The molecule has 1 fully saturated rings. The van der Waals surface area contributed by atoms with E-state index in [2.05, 4.69) is 25.5 Å². The van der Waals surface area contributed by atoms with Crippen LogP contribution in [0.1, 0.15) is 46.5 Å². The van der Waals surface area contributed by atoms with Crippen LogP contribution in [0.5, 0.6) is 0 Å². The van der Waals surface area contributed by atoms with Crippen molar-refractivity contribution < 1.29 is 18.3 Å². The lowest BCUT2D eigenvalue weighted by Crippen LogP contribution is -2.44. The molecule has 1 aliphatic carbocycles. The van der Waals surface area contributed by atoms with Crippen molar-refractivity contribution in [2.45, 2.75) is 64.1 Å². The summed E-state index contributed by atoms with van der Waals surface area (Å²) in [4.78, 5) is 22.5. The summed E-state index contributed by atoms with van der Waals surface area (Å²) in [5.74, 6) is -0.820. The molecule has 0 spiro atoms. The molecule has 2 aromatic heterocycles. The minimum atomic E-state index is -0.672. The molecule has 0 unspecified atom stereocenters. The number of anilines is 2. The van der Waals surface area contributed by atoms with Crippen molar-refractivity contribution >= 4 is 28.6 Å². The van der Waals surface area contributed by atoms with Gasteiger partial charge in [0.2, 0.25) is 0 Å². The molecule has 8 nitrogen and oxygen atoms in total. The molecule has 4 rings (SSSR count). The highest BCUT2D eigenvalue weighted by atomic mass is 19.1. The smallest absolute Gasteiger partial charge is 0.407 e. The van der Waals surface area contributed by atoms with E-state index in [1.165, 1.54) is 18.5 Å². The number of carbonyl (C=O) groups is 1. The summed E-state index contributed by atoms with van der Waals surface area (Å²) in [7, 11) is 0. The van der Waals surface area contributed by atoms with Crippen LogP contribution in [0.2, 0.25) is 0 Å². The third-order valence-corrected chi connectivity index (χ3v) is 5.41. The summed E-state index contributed by atoms with van der Waals surface area (Å²) < 4.78 is 33.8. The number of alkyl carbamates (subject to hydrolysis) is 1. The molecule has 1 aromatic carbocycles. The molecular weight excluding hydrogens is 418 g/mol. The summed E-state index contributed by atoms with van der Waals surface area (Å²) in [5.41, 5.74) is 0.195. The van der Waals surface area contributed by atoms with Crippen LogP contribution in [0.3, 0.4) is 0 Å². The van der Waals surface area contributed by atoms with Crippen LogP contribution in [0.15, 0.2) is 30.7 Å². The van der Waals surface area contributed by atoms with Gasteiger partial charge < -0.3 is 15.0 Å². The van der Waals surface area contributed by atoms with Crippen LogP contribution >= 0.6 is 0 Å². The zero-order valence-electron chi connectivity index (χ0n) is 18.2. The summed E-state index contributed by atoms with van der Waals surface area (Å²) in [6.45, 7) is 5.45. The lowest BCUT2D eigenvalue weighted by molar-refractivity contribution is 0.0491. The van der Waals surface area contributed by atoms with E-state index >= 15 is 0 Å². The Morgan fingerprint density at radius 1 is 1.19 bits per heavy atom. The van der Waals surface area contributed by atoms with Gasteiger partial charge in [0.25, 0.3) is 0 Å². The molecule has 1 amide bonds. The zero-order valence-corrected chi connectivity index (χ0v) is 18.2. The van der Waals surface area contributed by atoms with Crippen LogP contribution in [0, 0.1) is 11.6 Å². The van der Waals surface area contributed by atoms with Crippen molar-refractivity contribution in [1.29, 1.82) is 0 Å². The number of fused-ring (bicyclic) bond motifs is 1. The lowest BCUT2D eigenvalue weighted by Gasteiger charge is -2.38. The Balaban J connectivity index is 1.58. The summed E-state index contributed by atoms with van der Waals surface area (Å²) in [5, 5.41) is 10.4. The second kappa shape index (κ2) is 8.68. The van der Waals surface area contributed by atoms with Crippen LogP contribution in [-0.2, 0) is 4.74 Å². The zero-order chi connectivity index (χ0) is 22.9. The van der Waals surface area contributed by atoms with E-state index in [9.17, 15) is 13.6 Å². The average molecular weight is 444 g/mol. The van der Waals surface area contributed by atoms with Crippen molar-refractivity contribution in [3.63, 3.8) is 0 Å².